The molecule has 1 fully saturated rings. The molecule has 1 rings (SSSR count). The molecule has 5 nitrogen and oxygen atoms in total. The first-order valence-corrected chi connectivity index (χ1v) is 3.80. The lowest BCUT2D eigenvalue weighted by molar-refractivity contribution is -0.0854. The summed E-state index contributed by atoms with van der Waals surface area (Å²) < 4.78 is 14.3. The summed E-state index contributed by atoms with van der Waals surface area (Å²) in [5.41, 5.74) is 4.84. The Kier molecular flexibility index (Phi) is 5.05. The van der Waals surface area contributed by atoms with Gasteiger partial charge in [0.2, 0.25) is 0 Å². The zero-order chi connectivity index (χ0) is 9.03. The van der Waals surface area contributed by atoms with Crippen LogP contribution in [0.3, 0.4) is 0 Å². The lowest BCUT2D eigenvalue weighted by Gasteiger charge is -2.31. The van der Waals surface area contributed by atoms with Crippen molar-refractivity contribution in [1.29, 1.82) is 0 Å². The van der Waals surface area contributed by atoms with Gasteiger partial charge >= 0.3 is 6.16 Å². The Labute approximate surface area is 82.9 Å². The molecule has 0 saturated carbocycles. The van der Waals surface area contributed by atoms with Gasteiger partial charge in [0.25, 0.3) is 0 Å². The largest absolute Gasteiger partial charge is 0.509 e. The molecule has 0 bridgehead atoms. The molecular weight excluding hydrogens is 198 g/mol. The number of hydrogen-bond donors (Lipinski definition) is 1. The van der Waals surface area contributed by atoms with Gasteiger partial charge in [0.15, 0.2) is 5.72 Å². The summed E-state index contributed by atoms with van der Waals surface area (Å²) in [5, 5.41) is 0. The van der Waals surface area contributed by atoms with Crippen LogP contribution >= 0.6 is 12.4 Å². The van der Waals surface area contributed by atoms with E-state index in [4.69, 9.17) is 15.2 Å². The average molecular weight is 212 g/mol. The quantitative estimate of drug-likeness (QED) is 0.510. The molecule has 0 spiro atoms. The van der Waals surface area contributed by atoms with Gasteiger partial charge in [0.1, 0.15) is 0 Å². The molecule has 0 radical (unpaired) electrons. The van der Waals surface area contributed by atoms with Crippen LogP contribution in [0.5, 0.6) is 0 Å². The SMILES string of the molecule is COC(=O)OC1(N)CCOCC1.Cl. The second kappa shape index (κ2) is 5.26. The van der Waals surface area contributed by atoms with E-state index in [-0.39, 0.29) is 12.4 Å². The maximum Gasteiger partial charge on any atom is 0.509 e. The zero-order valence-corrected chi connectivity index (χ0v) is 8.26. The van der Waals surface area contributed by atoms with Crippen LogP contribution in [0.2, 0.25) is 0 Å². The summed E-state index contributed by atoms with van der Waals surface area (Å²) in [6, 6.07) is 0. The van der Waals surface area contributed by atoms with E-state index in [0.717, 1.165) is 0 Å². The van der Waals surface area contributed by atoms with E-state index in [9.17, 15) is 4.79 Å². The van der Waals surface area contributed by atoms with Gasteiger partial charge in [-0.15, -0.1) is 12.4 Å². The van der Waals surface area contributed by atoms with Gasteiger partial charge in [-0.1, -0.05) is 0 Å². The third kappa shape index (κ3) is 3.80. The van der Waals surface area contributed by atoms with Crippen molar-refractivity contribution in [1.82, 2.24) is 0 Å². The van der Waals surface area contributed by atoms with E-state index in [1.54, 1.807) is 0 Å². The first kappa shape index (κ1) is 12.5. The minimum absolute atomic E-state index is 0. The monoisotopic (exact) mass is 211 g/mol. The normalized spacial score (nSPS) is 19.8. The second-order valence-electron chi connectivity index (χ2n) is 2.73. The highest BCUT2D eigenvalue weighted by Crippen LogP contribution is 2.19. The smallest absolute Gasteiger partial charge is 0.438 e. The average Bonchev–Trinajstić information content (AvgIpc) is 2.05. The summed E-state index contributed by atoms with van der Waals surface area (Å²) in [4.78, 5) is 10.7. The van der Waals surface area contributed by atoms with Crippen LogP contribution in [0, 0.1) is 0 Å². The van der Waals surface area contributed by atoms with E-state index in [2.05, 4.69) is 4.74 Å². The van der Waals surface area contributed by atoms with Crippen molar-refractivity contribution in [2.75, 3.05) is 20.3 Å². The van der Waals surface area contributed by atoms with Crippen LogP contribution in [0.1, 0.15) is 12.8 Å². The van der Waals surface area contributed by atoms with Crippen LogP contribution < -0.4 is 5.73 Å². The summed E-state index contributed by atoms with van der Waals surface area (Å²) in [7, 11) is 1.25. The van der Waals surface area contributed by atoms with Gasteiger partial charge < -0.3 is 14.2 Å². The molecule has 1 heterocycles. The van der Waals surface area contributed by atoms with Gasteiger partial charge in [-0.05, 0) is 0 Å². The Morgan fingerprint density at radius 1 is 1.46 bits per heavy atom. The van der Waals surface area contributed by atoms with Gasteiger partial charge in [0, 0.05) is 12.8 Å². The van der Waals surface area contributed by atoms with Gasteiger partial charge in [-0.2, -0.15) is 0 Å². The molecule has 13 heavy (non-hydrogen) atoms. The zero-order valence-electron chi connectivity index (χ0n) is 7.45. The maximum absolute atomic E-state index is 10.7. The number of nitrogens with two attached hydrogens (primary N) is 1. The van der Waals surface area contributed by atoms with Gasteiger partial charge in [0.05, 0.1) is 20.3 Å². The molecule has 0 aliphatic carbocycles. The molecule has 0 atom stereocenters. The Morgan fingerprint density at radius 3 is 2.46 bits per heavy atom. The molecule has 1 saturated heterocycles. The number of ether oxygens (including phenoxy) is 3. The Hall–Kier alpha value is -0.520. The Morgan fingerprint density at radius 2 is 2.00 bits per heavy atom. The molecule has 2 N–H and O–H groups in total. The molecule has 78 valence electrons. The number of rotatable bonds is 1. The number of methoxy groups -OCH3 is 1. The van der Waals surface area contributed by atoms with Crippen LogP contribution in [0.25, 0.3) is 0 Å². The fourth-order valence-electron chi connectivity index (χ4n) is 1.03. The highest BCUT2D eigenvalue weighted by Gasteiger charge is 2.32. The van der Waals surface area contributed by atoms with Crippen molar-refractivity contribution in [2.45, 2.75) is 18.6 Å². The molecular formula is C7H14ClNO4. The summed E-state index contributed by atoms with van der Waals surface area (Å²) in [6.07, 6.45) is 0.295. The molecule has 0 aromatic rings. The molecule has 6 heteroatoms. The third-order valence-corrected chi connectivity index (χ3v) is 1.79. The van der Waals surface area contributed by atoms with Gasteiger partial charge in [-0.3, -0.25) is 5.73 Å². The number of halogens is 1. The summed E-state index contributed by atoms with van der Waals surface area (Å²) >= 11 is 0. The molecule has 0 amide bonds. The molecule has 0 aromatic heterocycles. The van der Waals surface area contributed by atoms with Crippen molar-refractivity contribution >= 4 is 18.6 Å². The van der Waals surface area contributed by atoms with Crippen molar-refractivity contribution in [3.05, 3.63) is 0 Å². The highest BCUT2D eigenvalue weighted by atomic mass is 35.5. The van der Waals surface area contributed by atoms with E-state index < -0.39 is 11.9 Å². The maximum atomic E-state index is 10.7. The lowest BCUT2D eigenvalue weighted by Crippen LogP contribution is -2.48. The molecule has 0 unspecified atom stereocenters. The van der Waals surface area contributed by atoms with Crippen LogP contribution in [0.15, 0.2) is 0 Å². The van der Waals surface area contributed by atoms with E-state index in [1.807, 2.05) is 0 Å². The predicted octanol–water partition coefficient (Wildman–Crippen LogP) is 0.657. The number of hydrogen-bond acceptors (Lipinski definition) is 5. The predicted molar refractivity (Wildman–Crippen MR) is 47.7 cm³/mol. The standard InChI is InChI=1S/C7H13NO4.ClH/c1-10-6(9)12-7(8)2-4-11-5-3-7;/h2-5,8H2,1H3;1H. The Bertz CT molecular complexity index is 170. The van der Waals surface area contributed by atoms with Crippen LogP contribution in [-0.4, -0.2) is 32.2 Å². The van der Waals surface area contributed by atoms with Crippen molar-refractivity contribution < 1.29 is 19.0 Å². The topological polar surface area (TPSA) is 70.8 Å². The molecule has 1 aliphatic rings. The Balaban J connectivity index is 0.00000144. The van der Waals surface area contributed by atoms with Crippen molar-refractivity contribution in [3.63, 3.8) is 0 Å². The summed E-state index contributed by atoms with van der Waals surface area (Å²) in [5.74, 6) is 0. The molecule has 0 aromatic carbocycles. The van der Waals surface area contributed by atoms with Crippen LogP contribution in [0.4, 0.5) is 4.79 Å². The summed E-state index contributed by atoms with van der Waals surface area (Å²) in [6.45, 7) is 1.04. The minimum Gasteiger partial charge on any atom is -0.438 e. The number of carbonyl (C=O) groups excluding carboxylic acids is 1. The van der Waals surface area contributed by atoms with Crippen molar-refractivity contribution in [2.24, 2.45) is 5.73 Å². The van der Waals surface area contributed by atoms with Crippen LogP contribution in [-0.2, 0) is 14.2 Å². The van der Waals surface area contributed by atoms with E-state index in [1.165, 1.54) is 7.11 Å². The second-order valence-corrected chi connectivity index (χ2v) is 2.73. The highest BCUT2D eigenvalue weighted by molar-refractivity contribution is 5.85. The van der Waals surface area contributed by atoms with Gasteiger partial charge in [-0.25, -0.2) is 4.79 Å². The lowest BCUT2D eigenvalue weighted by atomic mass is 10.1. The van der Waals surface area contributed by atoms with E-state index in [0.29, 0.717) is 26.1 Å². The first-order chi connectivity index (χ1) is 5.66. The van der Waals surface area contributed by atoms with E-state index >= 15 is 0 Å². The molecule has 1 aliphatic heterocycles. The minimum atomic E-state index is -0.897. The first-order valence-electron chi connectivity index (χ1n) is 3.80. The number of carbonyl (C=O) groups is 1. The van der Waals surface area contributed by atoms with Crippen molar-refractivity contribution in [3.8, 4) is 0 Å². The fraction of sp³-hybridized carbons (Fsp3) is 0.857. The third-order valence-electron chi connectivity index (χ3n) is 1.79. The fourth-order valence-corrected chi connectivity index (χ4v) is 1.03.